The normalized spacial score (nSPS) is 14.7. The molecular formula is C30H27ClFNO6. The Hall–Kier alpha value is -4.04. The number of methoxy groups -OCH3 is 2. The molecule has 0 aliphatic carbocycles. The summed E-state index contributed by atoms with van der Waals surface area (Å²) < 4.78 is 36.8. The largest absolute Gasteiger partial charge is 0.495 e. The van der Waals surface area contributed by atoms with Crippen LogP contribution in [0.4, 0.5) is 10.1 Å². The molecule has 1 atom stereocenters. The van der Waals surface area contributed by atoms with Gasteiger partial charge in [0.2, 0.25) is 5.76 Å². The van der Waals surface area contributed by atoms with Gasteiger partial charge in [0.1, 0.15) is 17.1 Å². The summed E-state index contributed by atoms with van der Waals surface area (Å²) in [7, 11) is 3.01. The summed E-state index contributed by atoms with van der Waals surface area (Å²) in [6.45, 7) is 4.73. The minimum absolute atomic E-state index is 0.0433. The molecule has 1 aromatic heterocycles. The maximum absolute atomic E-state index is 14.1. The van der Waals surface area contributed by atoms with Gasteiger partial charge in [-0.3, -0.25) is 14.5 Å². The molecule has 9 heteroatoms. The Balaban J connectivity index is 1.70. The summed E-state index contributed by atoms with van der Waals surface area (Å²) in [5.74, 6) is 0.655. The fourth-order valence-corrected chi connectivity index (χ4v) is 4.96. The van der Waals surface area contributed by atoms with Gasteiger partial charge < -0.3 is 18.6 Å². The van der Waals surface area contributed by atoms with E-state index in [4.69, 9.17) is 30.2 Å². The van der Waals surface area contributed by atoms with Crippen molar-refractivity contribution >= 4 is 34.2 Å². The van der Waals surface area contributed by atoms with Gasteiger partial charge in [-0.25, -0.2) is 4.39 Å². The summed E-state index contributed by atoms with van der Waals surface area (Å²) in [5.41, 5.74) is 0.717. The molecule has 0 N–H and O–H groups in total. The number of fused-ring (bicyclic) bond motifs is 2. The Bertz CT molecular complexity index is 1630. The molecule has 0 radical (unpaired) electrons. The minimum Gasteiger partial charge on any atom is -0.495 e. The molecule has 0 bridgehead atoms. The van der Waals surface area contributed by atoms with Crippen LogP contribution in [0.2, 0.25) is 5.02 Å². The lowest BCUT2D eigenvalue weighted by Crippen LogP contribution is -2.29. The molecule has 1 aliphatic heterocycles. The maximum atomic E-state index is 14.1. The first-order valence-electron chi connectivity index (χ1n) is 12.5. The molecule has 1 aliphatic rings. The van der Waals surface area contributed by atoms with E-state index in [-0.39, 0.29) is 27.3 Å². The Kier molecular flexibility index (Phi) is 7.23. The van der Waals surface area contributed by atoms with Crippen LogP contribution in [0.3, 0.4) is 0 Å². The van der Waals surface area contributed by atoms with Crippen LogP contribution in [0.1, 0.15) is 48.0 Å². The monoisotopic (exact) mass is 551 g/mol. The van der Waals surface area contributed by atoms with E-state index in [0.29, 0.717) is 41.0 Å². The first-order chi connectivity index (χ1) is 18.7. The summed E-state index contributed by atoms with van der Waals surface area (Å²) in [5, 5.41) is 0.331. The zero-order valence-corrected chi connectivity index (χ0v) is 22.7. The number of nitrogens with zero attached hydrogens (tertiary/aromatic N) is 1. The van der Waals surface area contributed by atoms with Crippen LogP contribution in [-0.4, -0.2) is 26.7 Å². The summed E-state index contributed by atoms with van der Waals surface area (Å²) in [6, 6.07) is 12.9. The van der Waals surface area contributed by atoms with Crippen LogP contribution in [-0.2, 0) is 0 Å². The van der Waals surface area contributed by atoms with Crippen molar-refractivity contribution in [3.63, 3.8) is 0 Å². The number of carbonyl (C=O) groups is 1. The van der Waals surface area contributed by atoms with Crippen LogP contribution in [0.5, 0.6) is 17.2 Å². The fraction of sp³-hybridized carbons (Fsp3) is 0.267. The van der Waals surface area contributed by atoms with Gasteiger partial charge in [-0.2, -0.15) is 0 Å². The highest BCUT2D eigenvalue weighted by Crippen LogP contribution is 2.44. The quantitative estimate of drug-likeness (QED) is 0.240. The summed E-state index contributed by atoms with van der Waals surface area (Å²) in [6.07, 6.45) is 0.867. The third-order valence-corrected chi connectivity index (χ3v) is 7.00. The van der Waals surface area contributed by atoms with Crippen molar-refractivity contribution in [3.05, 3.63) is 92.5 Å². The highest BCUT2D eigenvalue weighted by atomic mass is 35.5. The topological polar surface area (TPSA) is 78.2 Å². The number of halogens is 2. The van der Waals surface area contributed by atoms with E-state index in [2.05, 4.69) is 13.8 Å². The van der Waals surface area contributed by atoms with E-state index < -0.39 is 23.2 Å². The lowest BCUT2D eigenvalue weighted by Gasteiger charge is -2.26. The highest BCUT2D eigenvalue weighted by molar-refractivity contribution is 6.32. The van der Waals surface area contributed by atoms with Crippen LogP contribution < -0.4 is 24.5 Å². The Morgan fingerprint density at radius 1 is 0.974 bits per heavy atom. The molecule has 0 fully saturated rings. The first kappa shape index (κ1) is 26.6. The Labute approximate surface area is 229 Å². The number of hydrogen-bond acceptors (Lipinski definition) is 6. The van der Waals surface area contributed by atoms with Gasteiger partial charge in [-0.05, 0) is 66.4 Å². The van der Waals surface area contributed by atoms with E-state index in [0.717, 1.165) is 12.5 Å². The number of carbonyl (C=O) groups excluding carboxylic acids is 1. The second-order valence-electron chi connectivity index (χ2n) is 9.65. The second kappa shape index (κ2) is 10.6. The van der Waals surface area contributed by atoms with Crippen molar-refractivity contribution in [1.82, 2.24) is 0 Å². The number of hydrogen-bond donors (Lipinski definition) is 0. The van der Waals surface area contributed by atoms with Crippen LogP contribution in [0.15, 0.2) is 63.8 Å². The van der Waals surface area contributed by atoms with Gasteiger partial charge >= 0.3 is 0 Å². The number of anilines is 1. The Morgan fingerprint density at radius 3 is 2.41 bits per heavy atom. The zero-order chi connectivity index (χ0) is 27.8. The van der Waals surface area contributed by atoms with E-state index in [1.54, 1.807) is 36.4 Å². The van der Waals surface area contributed by atoms with E-state index in [9.17, 15) is 14.0 Å². The third-order valence-electron chi connectivity index (χ3n) is 6.70. The van der Waals surface area contributed by atoms with Crippen molar-refractivity contribution < 1.29 is 27.8 Å². The van der Waals surface area contributed by atoms with Crippen molar-refractivity contribution in [3.8, 4) is 17.2 Å². The molecule has 2 heterocycles. The van der Waals surface area contributed by atoms with Gasteiger partial charge in [0.05, 0.1) is 42.8 Å². The zero-order valence-electron chi connectivity index (χ0n) is 21.9. The molecule has 0 saturated carbocycles. The van der Waals surface area contributed by atoms with Crippen molar-refractivity contribution in [2.24, 2.45) is 5.92 Å². The van der Waals surface area contributed by atoms with E-state index in [1.807, 2.05) is 0 Å². The molecule has 1 unspecified atom stereocenters. The van der Waals surface area contributed by atoms with Crippen LogP contribution in [0, 0.1) is 11.7 Å². The van der Waals surface area contributed by atoms with Crippen LogP contribution in [0.25, 0.3) is 11.0 Å². The second-order valence-corrected chi connectivity index (χ2v) is 10.1. The fourth-order valence-electron chi connectivity index (χ4n) is 4.71. The number of ether oxygens (including phenoxy) is 3. The van der Waals surface area contributed by atoms with Gasteiger partial charge in [0, 0.05) is 5.69 Å². The van der Waals surface area contributed by atoms with E-state index in [1.165, 1.54) is 31.3 Å². The molecule has 39 heavy (non-hydrogen) atoms. The van der Waals surface area contributed by atoms with Gasteiger partial charge in [0.25, 0.3) is 5.91 Å². The van der Waals surface area contributed by atoms with Gasteiger partial charge in [0.15, 0.2) is 16.9 Å². The standard InChI is InChI=1S/C30H27ClFNO6/c1-16(2)11-12-38-24-8-5-17(13-25(24)37-4)27-26-28(34)20-14-18(32)6-9-22(20)39-29(26)30(35)33(27)19-7-10-23(36-3)21(31)15-19/h5-10,13-16,27H,11-12H2,1-4H3. The summed E-state index contributed by atoms with van der Waals surface area (Å²) >= 11 is 6.41. The predicted octanol–water partition coefficient (Wildman–Crippen LogP) is 6.78. The lowest BCUT2D eigenvalue weighted by molar-refractivity contribution is 0.0971. The average Bonchev–Trinajstić information content (AvgIpc) is 3.21. The molecule has 3 aromatic carbocycles. The predicted molar refractivity (Wildman–Crippen MR) is 147 cm³/mol. The molecule has 5 rings (SSSR count). The SMILES string of the molecule is COc1ccc(N2C(=O)c3oc4ccc(F)cc4c(=O)c3C2c2ccc(OCCC(C)C)c(OC)c2)cc1Cl. The molecule has 0 spiro atoms. The molecule has 7 nitrogen and oxygen atoms in total. The Morgan fingerprint density at radius 2 is 1.72 bits per heavy atom. The smallest absolute Gasteiger partial charge is 0.295 e. The summed E-state index contributed by atoms with van der Waals surface area (Å²) in [4.78, 5) is 29.0. The molecule has 0 saturated heterocycles. The average molecular weight is 552 g/mol. The van der Waals surface area contributed by atoms with E-state index >= 15 is 0 Å². The molecule has 4 aromatic rings. The van der Waals surface area contributed by atoms with Crippen molar-refractivity contribution in [2.75, 3.05) is 25.7 Å². The minimum atomic E-state index is -0.903. The highest BCUT2D eigenvalue weighted by Gasteiger charge is 2.44. The first-order valence-corrected chi connectivity index (χ1v) is 12.8. The third kappa shape index (κ3) is 4.81. The number of amides is 1. The van der Waals surface area contributed by atoms with Crippen molar-refractivity contribution in [1.29, 1.82) is 0 Å². The molecule has 1 amide bonds. The van der Waals surface area contributed by atoms with Gasteiger partial charge in [-0.1, -0.05) is 31.5 Å². The molecule has 202 valence electrons. The number of benzene rings is 3. The number of rotatable bonds is 8. The van der Waals surface area contributed by atoms with Crippen LogP contribution >= 0.6 is 11.6 Å². The van der Waals surface area contributed by atoms with Gasteiger partial charge in [-0.15, -0.1) is 0 Å². The lowest BCUT2D eigenvalue weighted by atomic mass is 9.97. The molecular weight excluding hydrogens is 525 g/mol. The van der Waals surface area contributed by atoms with Crippen molar-refractivity contribution in [2.45, 2.75) is 26.3 Å². The maximum Gasteiger partial charge on any atom is 0.295 e.